The Morgan fingerprint density at radius 1 is 1.24 bits per heavy atom. The lowest BCUT2D eigenvalue weighted by atomic mass is 10.0. The largest absolute Gasteiger partial charge is 0.328 e. The maximum absolute atomic E-state index is 5.85. The molecule has 1 heterocycles. The summed E-state index contributed by atoms with van der Waals surface area (Å²) in [6, 6.07) is 6.89. The molecule has 1 aromatic heterocycles. The van der Waals surface area contributed by atoms with Crippen LogP contribution in [0.2, 0.25) is 0 Å². The fourth-order valence-corrected chi connectivity index (χ4v) is 2.97. The second kappa shape index (κ2) is 7.08. The Morgan fingerprint density at radius 2 is 2.00 bits per heavy atom. The molecular formula is C18H29N3. The van der Waals surface area contributed by atoms with Gasteiger partial charge in [0.2, 0.25) is 0 Å². The second-order valence-electron chi connectivity index (χ2n) is 6.42. The first kappa shape index (κ1) is 16.0. The number of rotatable bonds is 7. The molecule has 0 amide bonds. The summed E-state index contributed by atoms with van der Waals surface area (Å²) in [5.74, 6) is 1.73. The highest BCUT2D eigenvalue weighted by atomic mass is 15.1. The molecule has 3 heteroatoms. The van der Waals surface area contributed by atoms with E-state index in [0.717, 1.165) is 31.3 Å². The number of imidazole rings is 1. The number of hydrogen-bond donors (Lipinski definition) is 1. The van der Waals surface area contributed by atoms with E-state index in [1.807, 2.05) is 0 Å². The van der Waals surface area contributed by atoms with Crippen molar-refractivity contribution < 1.29 is 0 Å². The highest BCUT2D eigenvalue weighted by Gasteiger charge is 2.16. The van der Waals surface area contributed by atoms with Crippen molar-refractivity contribution in [2.24, 2.45) is 5.73 Å². The Morgan fingerprint density at radius 3 is 2.67 bits per heavy atom. The maximum atomic E-state index is 5.85. The Labute approximate surface area is 128 Å². The van der Waals surface area contributed by atoms with Crippen LogP contribution >= 0.6 is 0 Å². The van der Waals surface area contributed by atoms with Crippen LogP contribution in [-0.2, 0) is 6.54 Å². The van der Waals surface area contributed by atoms with Gasteiger partial charge in [-0.3, -0.25) is 0 Å². The molecule has 2 rings (SSSR count). The van der Waals surface area contributed by atoms with Gasteiger partial charge in [-0.1, -0.05) is 26.3 Å². The lowest BCUT2D eigenvalue weighted by molar-refractivity contribution is 0.522. The van der Waals surface area contributed by atoms with Gasteiger partial charge in [-0.15, -0.1) is 0 Å². The fraction of sp³-hybridized carbons (Fsp3) is 0.611. The van der Waals surface area contributed by atoms with E-state index in [1.165, 1.54) is 23.3 Å². The molecule has 2 atom stereocenters. The summed E-state index contributed by atoms with van der Waals surface area (Å²) in [6.07, 6.45) is 4.57. The topological polar surface area (TPSA) is 43.8 Å². The van der Waals surface area contributed by atoms with E-state index < -0.39 is 0 Å². The third-order valence-corrected chi connectivity index (χ3v) is 4.12. The van der Waals surface area contributed by atoms with Crippen molar-refractivity contribution in [2.45, 2.75) is 71.9 Å². The Kier molecular flexibility index (Phi) is 5.40. The van der Waals surface area contributed by atoms with Crippen molar-refractivity contribution >= 4 is 11.0 Å². The van der Waals surface area contributed by atoms with Crippen LogP contribution in [-0.4, -0.2) is 15.6 Å². The quantitative estimate of drug-likeness (QED) is 0.821. The summed E-state index contributed by atoms with van der Waals surface area (Å²) in [6.45, 7) is 9.78. The van der Waals surface area contributed by atoms with Crippen molar-refractivity contribution in [1.29, 1.82) is 0 Å². The van der Waals surface area contributed by atoms with Gasteiger partial charge in [0.1, 0.15) is 5.82 Å². The summed E-state index contributed by atoms with van der Waals surface area (Å²) in [5, 5.41) is 0. The third kappa shape index (κ3) is 3.85. The molecule has 2 aromatic rings. The number of aryl methyl sites for hydroxylation is 2. The molecule has 0 saturated carbocycles. The van der Waals surface area contributed by atoms with E-state index >= 15 is 0 Å². The number of nitrogens with two attached hydrogens (primary N) is 1. The molecule has 0 spiro atoms. The number of nitrogens with zero attached hydrogens (tertiary/aromatic N) is 2. The highest BCUT2D eigenvalue weighted by Crippen LogP contribution is 2.26. The van der Waals surface area contributed by atoms with Gasteiger partial charge in [0, 0.05) is 18.5 Å². The molecule has 0 radical (unpaired) electrons. The lowest BCUT2D eigenvalue weighted by Crippen LogP contribution is -2.15. The van der Waals surface area contributed by atoms with Gasteiger partial charge < -0.3 is 10.3 Å². The van der Waals surface area contributed by atoms with Crippen LogP contribution < -0.4 is 5.73 Å². The van der Waals surface area contributed by atoms with E-state index in [2.05, 4.69) is 50.5 Å². The molecule has 3 nitrogen and oxygen atoms in total. The Bertz CT molecular complexity index is 583. The number of aromatic nitrogens is 2. The number of hydrogen-bond acceptors (Lipinski definition) is 2. The highest BCUT2D eigenvalue weighted by molar-refractivity contribution is 5.77. The smallest absolute Gasteiger partial charge is 0.112 e. The molecule has 2 unspecified atom stereocenters. The summed E-state index contributed by atoms with van der Waals surface area (Å²) in [7, 11) is 0. The fourth-order valence-electron chi connectivity index (χ4n) is 2.97. The number of benzene rings is 1. The van der Waals surface area contributed by atoms with Crippen molar-refractivity contribution in [3.8, 4) is 0 Å². The first-order chi connectivity index (χ1) is 10.0. The van der Waals surface area contributed by atoms with Crippen LogP contribution in [0.25, 0.3) is 11.0 Å². The molecule has 0 fully saturated rings. The van der Waals surface area contributed by atoms with Crippen molar-refractivity contribution in [3.63, 3.8) is 0 Å². The first-order valence-corrected chi connectivity index (χ1v) is 8.25. The van der Waals surface area contributed by atoms with Crippen LogP contribution in [0, 0.1) is 6.92 Å². The molecule has 0 bridgehead atoms. The minimum absolute atomic E-state index is 0.300. The molecule has 1 aromatic carbocycles. The van der Waals surface area contributed by atoms with Gasteiger partial charge in [0.15, 0.2) is 0 Å². The average molecular weight is 287 g/mol. The molecular weight excluding hydrogens is 258 g/mol. The van der Waals surface area contributed by atoms with E-state index in [0.29, 0.717) is 12.0 Å². The maximum Gasteiger partial charge on any atom is 0.112 e. The predicted octanol–water partition coefficient (Wildman–Crippen LogP) is 4.38. The van der Waals surface area contributed by atoms with E-state index in [-0.39, 0.29) is 0 Å². The minimum atomic E-state index is 0.300. The molecule has 0 aliphatic heterocycles. The van der Waals surface area contributed by atoms with Gasteiger partial charge in [-0.25, -0.2) is 4.98 Å². The predicted molar refractivity (Wildman–Crippen MR) is 90.7 cm³/mol. The summed E-state index contributed by atoms with van der Waals surface area (Å²) in [5.41, 5.74) is 9.54. The van der Waals surface area contributed by atoms with Crippen LogP contribution in [0.3, 0.4) is 0 Å². The zero-order valence-electron chi connectivity index (χ0n) is 13.9. The van der Waals surface area contributed by atoms with Crippen LogP contribution in [0.4, 0.5) is 0 Å². The second-order valence-corrected chi connectivity index (χ2v) is 6.42. The van der Waals surface area contributed by atoms with Gasteiger partial charge in [0.25, 0.3) is 0 Å². The van der Waals surface area contributed by atoms with Gasteiger partial charge in [-0.05, 0) is 50.8 Å². The SMILES string of the molecule is CCCn1c(C(C)CCCC(C)N)nc2cc(C)ccc21. The number of fused-ring (bicyclic) bond motifs is 1. The molecule has 2 N–H and O–H groups in total. The lowest BCUT2D eigenvalue weighted by Gasteiger charge is -2.14. The molecule has 0 saturated heterocycles. The zero-order chi connectivity index (χ0) is 15.4. The average Bonchev–Trinajstić information content (AvgIpc) is 2.77. The summed E-state index contributed by atoms with van der Waals surface area (Å²) < 4.78 is 2.41. The Hall–Kier alpha value is -1.35. The normalized spacial score (nSPS) is 14.5. The van der Waals surface area contributed by atoms with Crippen molar-refractivity contribution in [3.05, 3.63) is 29.6 Å². The molecule has 0 aliphatic rings. The van der Waals surface area contributed by atoms with Gasteiger partial charge >= 0.3 is 0 Å². The van der Waals surface area contributed by atoms with Crippen molar-refractivity contribution in [2.75, 3.05) is 0 Å². The minimum Gasteiger partial charge on any atom is -0.328 e. The molecule has 116 valence electrons. The van der Waals surface area contributed by atoms with Crippen LogP contribution in [0.1, 0.15) is 63.8 Å². The monoisotopic (exact) mass is 287 g/mol. The molecule has 21 heavy (non-hydrogen) atoms. The first-order valence-electron chi connectivity index (χ1n) is 8.25. The summed E-state index contributed by atoms with van der Waals surface area (Å²) >= 11 is 0. The van der Waals surface area contributed by atoms with E-state index in [4.69, 9.17) is 10.7 Å². The Balaban J connectivity index is 2.26. The summed E-state index contributed by atoms with van der Waals surface area (Å²) in [4.78, 5) is 4.92. The van der Waals surface area contributed by atoms with Crippen LogP contribution in [0.15, 0.2) is 18.2 Å². The zero-order valence-corrected chi connectivity index (χ0v) is 13.9. The van der Waals surface area contributed by atoms with E-state index in [9.17, 15) is 0 Å². The standard InChI is InChI=1S/C18H29N3/c1-5-11-21-17-10-9-13(2)12-16(17)20-18(21)14(3)7-6-8-15(4)19/h9-10,12,14-15H,5-8,11,19H2,1-4H3. The molecule has 0 aliphatic carbocycles. The van der Waals surface area contributed by atoms with Crippen LogP contribution in [0.5, 0.6) is 0 Å². The van der Waals surface area contributed by atoms with Gasteiger partial charge in [-0.2, -0.15) is 0 Å². The van der Waals surface area contributed by atoms with Gasteiger partial charge in [0.05, 0.1) is 11.0 Å². The van der Waals surface area contributed by atoms with E-state index in [1.54, 1.807) is 0 Å². The third-order valence-electron chi connectivity index (χ3n) is 4.12. The van der Waals surface area contributed by atoms with Crippen molar-refractivity contribution in [1.82, 2.24) is 9.55 Å².